The van der Waals surface area contributed by atoms with Crippen molar-refractivity contribution in [1.82, 2.24) is 5.32 Å². The molecule has 0 radical (unpaired) electrons. The van der Waals surface area contributed by atoms with Crippen LogP contribution >= 0.6 is 55.7 Å². The van der Waals surface area contributed by atoms with Gasteiger partial charge in [-0.1, -0.05) is 33.6 Å². The van der Waals surface area contributed by atoms with Crippen LogP contribution in [0.3, 0.4) is 0 Å². The Morgan fingerprint density at radius 1 is 1.19 bits per heavy atom. The summed E-state index contributed by atoms with van der Waals surface area (Å²) >= 11 is 17.6. The molecule has 26 heavy (non-hydrogen) atoms. The maximum atomic E-state index is 12.9. The van der Waals surface area contributed by atoms with Crippen molar-refractivity contribution in [2.45, 2.75) is 0 Å². The van der Waals surface area contributed by atoms with Crippen molar-refractivity contribution >= 4 is 84.4 Å². The lowest BCUT2D eigenvalue weighted by Gasteiger charge is -2.29. The van der Waals surface area contributed by atoms with Gasteiger partial charge in [-0.25, -0.2) is 0 Å². The van der Waals surface area contributed by atoms with Gasteiger partial charge in [0, 0.05) is 15.1 Å². The summed E-state index contributed by atoms with van der Waals surface area (Å²) in [5.41, 5.74) is 0.556. The van der Waals surface area contributed by atoms with Gasteiger partial charge in [0.05, 0.1) is 10.2 Å². The van der Waals surface area contributed by atoms with Crippen LogP contribution in [0.15, 0.2) is 50.9 Å². The Kier molecular flexibility index (Phi) is 5.47. The van der Waals surface area contributed by atoms with Gasteiger partial charge in [-0.2, -0.15) is 0 Å². The molecular weight excluding hydrogens is 508 g/mol. The van der Waals surface area contributed by atoms with Crippen molar-refractivity contribution in [2.24, 2.45) is 0 Å². The highest BCUT2D eigenvalue weighted by molar-refractivity contribution is 9.11. The molecule has 0 saturated carbocycles. The number of hydrogen-bond donors (Lipinski definition) is 2. The fourth-order valence-electron chi connectivity index (χ4n) is 2.36. The van der Waals surface area contributed by atoms with E-state index < -0.39 is 11.8 Å². The summed E-state index contributed by atoms with van der Waals surface area (Å²) in [4.78, 5) is 26.4. The van der Waals surface area contributed by atoms with Crippen molar-refractivity contribution < 1.29 is 14.7 Å². The summed E-state index contributed by atoms with van der Waals surface area (Å²) in [5, 5.41) is 13.0. The lowest BCUT2D eigenvalue weighted by atomic mass is 10.1. The third-order valence-corrected chi connectivity index (χ3v) is 5.11. The lowest BCUT2D eigenvalue weighted by Crippen LogP contribution is -2.54. The molecule has 132 valence electrons. The van der Waals surface area contributed by atoms with Crippen molar-refractivity contribution in [1.29, 1.82) is 0 Å². The molecule has 0 spiro atoms. The fourth-order valence-corrected chi connectivity index (χ4v) is 4.08. The Balaban J connectivity index is 2.09. The summed E-state index contributed by atoms with van der Waals surface area (Å²) in [6, 6.07) is 9.78. The lowest BCUT2D eigenvalue weighted by molar-refractivity contribution is -0.122. The largest absolute Gasteiger partial charge is 0.506 e. The number of halogens is 3. The van der Waals surface area contributed by atoms with Crippen LogP contribution in [0, 0.1) is 0 Å². The standard InChI is InChI=1S/C17H9Br2ClN2O3S/c18-9-4-8(14(23)13(19)6-9)5-12-15(24)21-17(26)22(16(12)25)11-3-1-2-10(20)7-11/h1-7,23H,(H,21,24,26)/b12-5+. The van der Waals surface area contributed by atoms with Crippen molar-refractivity contribution in [3.63, 3.8) is 0 Å². The number of hydrogen-bond acceptors (Lipinski definition) is 4. The first-order valence-electron chi connectivity index (χ1n) is 7.13. The Labute approximate surface area is 175 Å². The van der Waals surface area contributed by atoms with Gasteiger partial charge >= 0.3 is 0 Å². The first-order valence-corrected chi connectivity index (χ1v) is 9.50. The second-order valence-electron chi connectivity index (χ2n) is 5.26. The highest BCUT2D eigenvalue weighted by Gasteiger charge is 2.34. The maximum absolute atomic E-state index is 12.9. The minimum absolute atomic E-state index is 0.0425. The molecule has 1 saturated heterocycles. The monoisotopic (exact) mass is 514 g/mol. The molecule has 2 N–H and O–H groups in total. The first-order chi connectivity index (χ1) is 12.3. The number of anilines is 1. The van der Waals surface area contributed by atoms with E-state index in [9.17, 15) is 14.7 Å². The van der Waals surface area contributed by atoms with Crippen molar-refractivity contribution in [3.05, 3.63) is 61.5 Å². The van der Waals surface area contributed by atoms with Crippen LogP contribution in [-0.2, 0) is 9.59 Å². The Hall–Kier alpha value is -1.74. The van der Waals surface area contributed by atoms with Gasteiger partial charge in [0.2, 0.25) is 0 Å². The summed E-state index contributed by atoms with van der Waals surface area (Å²) in [6.45, 7) is 0. The first kappa shape index (κ1) is 19.0. The van der Waals surface area contributed by atoms with E-state index in [0.29, 0.717) is 25.2 Å². The van der Waals surface area contributed by atoms with E-state index in [4.69, 9.17) is 23.8 Å². The Morgan fingerprint density at radius 2 is 1.92 bits per heavy atom. The predicted molar refractivity (Wildman–Crippen MR) is 111 cm³/mol. The average molecular weight is 517 g/mol. The van der Waals surface area contributed by atoms with E-state index in [1.165, 1.54) is 11.0 Å². The minimum Gasteiger partial charge on any atom is -0.506 e. The topological polar surface area (TPSA) is 69.6 Å². The number of carbonyl (C=O) groups is 2. The van der Waals surface area contributed by atoms with Crippen molar-refractivity contribution in [2.75, 3.05) is 4.90 Å². The summed E-state index contributed by atoms with van der Waals surface area (Å²) in [7, 11) is 0. The van der Waals surface area contributed by atoms with Gasteiger partial charge in [0.25, 0.3) is 11.8 Å². The highest BCUT2D eigenvalue weighted by atomic mass is 79.9. The van der Waals surface area contributed by atoms with E-state index >= 15 is 0 Å². The second-order valence-corrected chi connectivity index (χ2v) is 7.86. The van der Waals surface area contributed by atoms with Crippen LogP contribution in [0.25, 0.3) is 6.08 Å². The van der Waals surface area contributed by atoms with Crippen LogP contribution in [0.5, 0.6) is 5.75 Å². The highest BCUT2D eigenvalue weighted by Crippen LogP contribution is 2.34. The van der Waals surface area contributed by atoms with Gasteiger partial charge in [-0.05, 0) is 64.6 Å². The summed E-state index contributed by atoms with van der Waals surface area (Å²) < 4.78 is 1.09. The number of thiocarbonyl (C=S) groups is 1. The third kappa shape index (κ3) is 3.68. The molecule has 2 aromatic rings. The van der Waals surface area contributed by atoms with E-state index in [1.54, 1.807) is 36.4 Å². The number of nitrogens with zero attached hydrogens (tertiary/aromatic N) is 1. The molecular formula is C17H9Br2ClN2O3S. The average Bonchev–Trinajstić information content (AvgIpc) is 2.55. The van der Waals surface area contributed by atoms with Gasteiger partial charge in [0.15, 0.2) is 5.11 Å². The number of carbonyl (C=O) groups excluding carboxylic acids is 2. The molecule has 1 aliphatic heterocycles. The van der Waals surface area contributed by atoms with E-state index in [0.717, 1.165) is 0 Å². The van der Waals surface area contributed by atoms with Crippen molar-refractivity contribution in [3.8, 4) is 5.75 Å². The smallest absolute Gasteiger partial charge is 0.270 e. The zero-order chi connectivity index (χ0) is 19.0. The molecule has 2 aromatic carbocycles. The number of phenols is 1. The molecule has 0 bridgehead atoms. The number of rotatable bonds is 2. The van der Waals surface area contributed by atoms with E-state index in [1.807, 2.05) is 0 Å². The SMILES string of the molecule is O=C1NC(=S)N(c2cccc(Cl)c2)C(=O)/C1=C/c1cc(Br)cc(Br)c1O. The molecule has 1 fully saturated rings. The number of amides is 2. The molecule has 0 aromatic heterocycles. The quantitative estimate of drug-likeness (QED) is 0.353. The third-order valence-electron chi connectivity index (χ3n) is 3.53. The van der Waals surface area contributed by atoms with Gasteiger partial charge in [-0.15, -0.1) is 0 Å². The molecule has 2 amide bonds. The van der Waals surface area contributed by atoms with Gasteiger partial charge in [-0.3, -0.25) is 19.8 Å². The van der Waals surface area contributed by atoms with Gasteiger partial charge < -0.3 is 5.11 Å². The number of nitrogens with one attached hydrogen (secondary N) is 1. The molecule has 9 heteroatoms. The zero-order valence-electron chi connectivity index (χ0n) is 12.8. The molecule has 3 rings (SSSR count). The Morgan fingerprint density at radius 3 is 2.62 bits per heavy atom. The normalized spacial score (nSPS) is 16.2. The molecule has 1 heterocycles. The zero-order valence-corrected chi connectivity index (χ0v) is 17.5. The predicted octanol–water partition coefficient (Wildman–Crippen LogP) is 4.40. The summed E-state index contributed by atoms with van der Waals surface area (Å²) in [5.74, 6) is -1.35. The van der Waals surface area contributed by atoms with E-state index in [-0.39, 0.29) is 16.4 Å². The van der Waals surface area contributed by atoms with Crippen LogP contribution in [0.4, 0.5) is 5.69 Å². The van der Waals surface area contributed by atoms with Crippen LogP contribution < -0.4 is 10.2 Å². The van der Waals surface area contributed by atoms with Gasteiger partial charge in [0.1, 0.15) is 11.3 Å². The van der Waals surface area contributed by atoms with Crippen LogP contribution in [0.1, 0.15) is 5.56 Å². The van der Waals surface area contributed by atoms with E-state index in [2.05, 4.69) is 37.2 Å². The molecule has 5 nitrogen and oxygen atoms in total. The molecule has 0 aliphatic carbocycles. The van der Waals surface area contributed by atoms with Crippen LogP contribution in [0.2, 0.25) is 5.02 Å². The second kappa shape index (κ2) is 7.48. The summed E-state index contributed by atoms with van der Waals surface area (Å²) in [6.07, 6.45) is 1.31. The minimum atomic E-state index is -0.645. The molecule has 1 aliphatic rings. The Bertz CT molecular complexity index is 994. The molecule has 0 unspecified atom stereocenters. The number of phenolic OH excluding ortho intramolecular Hbond substituents is 1. The maximum Gasteiger partial charge on any atom is 0.270 e. The van der Waals surface area contributed by atoms with Crippen LogP contribution in [-0.4, -0.2) is 22.0 Å². The molecule has 0 atom stereocenters. The number of aromatic hydroxyl groups is 1. The number of benzene rings is 2. The fraction of sp³-hybridized carbons (Fsp3) is 0.